The number of nitrogens with one attached hydrogen (secondary N) is 2. The first kappa shape index (κ1) is 18.4. The second kappa shape index (κ2) is 8.82. The Morgan fingerprint density at radius 1 is 1.35 bits per heavy atom. The van der Waals surface area contributed by atoms with Crippen LogP contribution in [0.2, 0.25) is 0 Å². The van der Waals surface area contributed by atoms with E-state index in [1.165, 1.54) is 5.56 Å². The van der Waals surface area contributed by atoms with E-state index in [2.05, 4.69) is 16.7 Å². The number of thiophene rings is 1. The number of benzene rings is 1. The van der Waals surface area contributed by atoms with Gasteiger partial charge in [0.15, 0.2) is 0 Å². The summed E-state index contributed by atoms with van der Waals surface area (Å²) in [6, 6.07) is 8.58. The van der Waals surface area contributed by atoms with Gasteiger partial charge in [-0.05, 0) is 42.0 Å². The minimum atomic E-state index is -0.358. The van der Waals surface area contributed by atoms with Crippen molar-refractivity contribution in [1.82, 2.24) is 5.32 Å². The van der Waals surface area contributed by atoms with Gasteiger partial charge in [0.2, 0.25) is 0 Å². The Labute approximate surface area is 156 Å². The van der Waals surface area contributed by atoms with Crippen LogP contribution in [-0.4, -0.2) is 25.2 Å². The molecule has 1 atom stereocenters. The fraction of sp³-hybridized carbons (Fsp3) is 0.368. The van der Waals surface area contributed by atoms with E-state index >= 15 is 0 Å². The summed E-state index contributed by atoms with van der Waals surface area (Å²) in [5.41, 5.74) is 1.82. The molecule has 1 aromatic heterocycles. The molecule has 2 heterocycles. The van der Waals surface area contributed by atoms with Crippen molar-refractivity contribution in [2.24, 2.45) is 0 Å². The highest BCUT2D eigenvalue weighted by atomic mass is 32.1. The normalized spacial score (nSPS) is 15.8. The zero-order valence-corrected chi connectivity index (χ0v) is 15.4. The molecule has 1 aromatic carbocycles. The average molecular weight is 374 g/mol. The monoisotopic (exact) mass is 374 g/mol. The number of hydrogen-bond donors (Lipinski definition) is 2. The number of ether oxygens (including phenoxy) is 2. The van der Waals surface area contributed by atoms with Crippen LogP contribution in [0.1, 0.15) is 36.3 Å². The molecule has 2 amide bonds. The summed E-state index contributed by atoms with van der Waals surface area (Å²) in [6.07, 6.45) is 1.67. The Bertz CT molecular complexity index is 774. The van der Waals surface area contributed by atoms with Crippen molar-refractivity contribution in [1.29, 1.82) is 0 Å². The molecular weight excluding hydrogens is 352 g/mol. The smallest absolute Gasteiger partial charge is 0.319 e. The van der Waals surface area contributed by atoms with Gasteiger partial charge in [-0.2, -0.15) is 0 Å². The number of hydrogen-bond acceptors (Lipinski definition) is 5. The van der Waals surface area contributed by atoms with Crippen LogP contribution in [0.15, 0.2) is 35.7 Å². The van der Waals surface area contributed by atoms with Crippen LogP contribution in [0.3, 0.4) is 0 Å². The fourth-order valence-electron chi connectivity index (χ4n) is 2.75. The van der Waals surface area contributed by atoms with Gasteiger partial charge in [0, 0.05) is 23.2 Å². The molecule has 0 unspecified atom stereocenters. The van der Waals surface area contributed by atoms with Gasteiger partial charge in [-0.15, -0.1) is 11.3 Å². The maximum absolute atomic E-state index is 12.3. The Kier molecular flexibility index (Phi) is 6.25. The van der Waals surface area contributed by atoms with Gasteiger partial charge in [-0.3, -0.25) is 4.79 Å². The molecule has 0 spiro atoms. The molecule has 0 radical (unpaired) electrons. The number of amides is 2. The third-order valence-corrected chi connectivity index (χ3v) is 5.03. The van der Waals surface area contributed by atoms with Crippen molar-refractivity contribution < 1.29 is 19.1 Å². The van der Waals surface area contributed by atoms with E-state index in [9.17, 15) is 9.59 Å². The Hall–Kier alpha value is -2.38. The van der Waals surface area contributed by atoms with Crippen molar-refractivity contribution >= 4 is 29.0 Å². The first-order valence-corrected chi connectivity index (χ1v) is 9.57. The van der Waals surface area contributed by atoms with Crippen molar-refractivity contribution in [3.05, 3.63) is 46.2 Å². The molecule has 0 saturated heterocycles. The number of carbonyl (C=O) groups is 2. The van der Waals surface area contributed by atoms with Gasteiger partial charge in [0.25, 0.3) is 0 Å². The molecular formula is C19H22N2O4S. The predicted octanol–water partition coefficient (Wildman–Crippen LogP) is 3.89. The third kappa shape index (κ3) is 4.83. The highest BCUT2D eigenvalue weighted by Crippen LogP contribution is 2.34. The molecule has 7 heteroatoms. The van der Waals surface area contributed by atoms with Crippen molar-refractivity contribution in [2.75, 3.05) is 18.5 Å². The molecule has 6 nitrogen and oxygen atoms in total. The SMILES string of the molecule is CCCNC(=O)Nc1cccc(OC(=O)C[C@@H]2OCCc3ccsc32)c1. The van der Waals surface area contributed by atoms with Crippen molar-refractivity contribution in [3.8, 4) is 5.75 Å². The van der Waals surface area contributed by atoms with Crippen LogP contribution in [-0.2, 0) is 16.0 Å². The number of carbonyl (C=O) groups excluding carboxylic acids is 2. The highest BCUT2D eigenvalue weighted by molar-refractivity contribution is 7.10. The zero-order valence-electron chi connectivity index (χ0n) is 14.6. The van der Waals surface area contributed by atoms with Crippen molar-refractivity contribution in [3.63, 3.8) is 0 Å². The van der Waals surface area contributed by atoms with Crippen LogP contribution in [0.25, 0.3) is 0 Å². The fourth-order valence-corrected chi connectivity index (χ4v) is 3.75. The summed E-state index contributed by atoms with van der Waals surface area (Å²) in [6.45, 7) is 3.20. The molecule has 1 aliphatic rings. The number of rotatable bonds is 6. The molecule has 0 aliphatic carbocycles. The van der Waals surface area contributed by atoms with E-state index in [4.69, 9.17) is 9.47 Å². The van der Waals surface area contributed by atoms with E-state index in [-0.39, 0.29) is 24.5 Å². The molecule has 2 N–H and O–H groups in total. The summed E-state index contributed by atoms with van der Waals surface area (Å²) >= 11 is 1.61. The molecule has 26 heavy (non-hydrogen) atoms. The van der Waals surface area contributed by atoms with Crippen LogP contribution in [0, 0.1) is 0 Å². The van der Waals surface area contributed by atoms with Crippen LogP contribution in [0.4, 0.5) is 10.5 Å². The lowest BCUT2D eigenvalue weighted by Crippen LogP contribution is -2.29. The Morgan fingerprint density at radius 3 is 3.08 bits per heavy atom. The maximum atomic E-state index is 12.3. The van der Waals surface area contributed by atoms with Crippen molar-refractivity contribution in [2.45, 2.75) is 32.3 Å². The second-order valence-electron chi connectivity index (χ2n) is 6.01. The maximum Gasteiger partial charge on any atom is 0.319 e. The van der Waals surface area contributed by atoms with Gasteiger partial charge >= 0.3 is 12.0 Å². The minimum absolute atomic E-state index is 0.169. The number of fused-ring (bicyclic) bond motifs is 1. The molecule has 3 rings (SSSR count). The lowest BCUT2D eigenvalue weighted by molar-refractivity contribution is -0.137. The van der Waals surface area contributed by atoms with Crippen LogP contribution < -0.4 is 15.4 Å². The van der Waals surface area contributed by atoms with Gasteiger partial charge in [0.05, 0.1) is 13.0 Å². The first-order valence-electron chi connectivity index (χ1n) is 8.69. The van der Waals surface area contributed by atoms with E-state index < -0.39 is 0 Å². The van der Waals surface area contributed by atoms with E-state index in [1.54, 1.807) is 35.6 Å². The third-order valence-electron chi connectivity index (χ3n) is 3.97. The predicted molar refractivity (Wildman–Crippen MR) is 101 cm³/mol. The molecule has 0 bridgehead atoms. The van der Waals surface area contributed by atoms with E-state index in [1.807, 2.05) is 12.3 Å². The number of anilines is 1. The van der Waals surface area contributed by atoms with Gasteiger partial charge < -0.3 is 20.1 Å². The largest absolute Gasteiger partial charge is 0.426 e. The Balaban J connectivity index is 1.57. The summed E-state index contributed by atoms with van der Waals surface area (Å²) in [5, 5.41) is 7.47. The zero-order chi connectivity index (χ0) is 18.4. The molecule has 0 saturated carbocycles. The number of esters is 1. The second-order valence-corrected chi connectivity index (χ2v) is 6.95. The Morgan fingerprint density at radius 2 is 2.23 bits per heavy atom. The topological polar surface area (TPSA) is 76.7 Å². The summed E-state index contributed by atoms with van der Waals surface area (Å²) in [7, 11) is 0. The van der Waals surface area contributed by atoms with Gasteiger partial charge in [-0.1, -0.05) is 13.0 Å². The first-order chi connectivity index (χ1) is 12.7. The molecule has 2 aromatic rings. The van der Waals surface area contributed by atoms with Gasteiger partial charge in [-0.25, -0.2) is 4.79 Å². The average Bonchev–Trinajstić information content (AvgIpc) is 3.10. The quantitative estimate of drug-likeness (QED) is 0.594. The highest BCUT2D eigenvalue weighted by Gasteiger charge is 2.25. The van der Waals surface area contributed by atoms with E-state index in [0.717, 1.165) is 17.7 Å². The standard InChI is InChI=1S/C19H22N2O4S/c1-2-8-20-19(23)21-14-4-3-5-15(11-14)25-17(22)12-16-18-13(6-9-24-16)7-10-26-18/h3-5,7,10-11,16H,2,6,8-9,12H2,1H3,(H2,20,21,23)/t16-/m0/s1. The minimum Gasteiger partial charge on any atom is -0.426 e. The lowest BCUT2D eigenvalue weighted by Gasteiger charge is -2.22. The molecule has 0 fully saturated rings. The van der Waals surface area contributed by atoms with Crippen LogP contribution >= 0.6 is 11.3 Å². The number of urea groups is 1. The van der Waals surface area contributed by atoms with Crippen LogP contribution in [0.5, 0.6) is 5.75 Å². The summed E-state index contributed by atoms with van der Waals surface area (Å²) < 4.78 is 11.2. The molecule has 1 aliphatic heterocycles. The molecule has 138 valence electrons. The summed E-state index contributed by atoms with van der Waals surface area (Å²) in [4.78, 5) is 25.1. The van der Waals surface area contributed by atoms with E-state index in [0.29, 0.717) is 24.6 Å². The van der Waals surface area contributed by atoms with Gasteiger partial charge in [0.1, 0.15) is 11.9 Å². The lowest BCUT2D eigenvalue weighted by atomic mass is 10.1. The summed E-state index contributed by atoms with van der Waals surface area (Å²) in [5.74, 6) is 0.0364.